The van der Waals surface area contributed by atoms with E-state index >= 15 is 0 Å². The van der Waals surface area contributed by atoms with Crippen LogP contribution >= 0.6 is 0 Å². The fraction of sp³-hybridized carbons (Fsp3) is 0.875. The van der Waals surface area contributed by atoms with Crippen molar-refractivity contribution in [1.29, 1.82) is 0 Å². The summed E-state index contributed by atoms with van der Waals surface area (Å²) in [5.41, 5.74) is 0. The molecule has 0 amide bonds. The molecule has 0 aliphatic heterocycles. The molecular formula is C8H16O4S. The Morgan fingerprint density at radius 3 is 2.69 bits per heavy atom. The van der Waals surface area contributed by atoms with Crippen LogP contribution in [0.25, 0.3) is 0 Å². The van der Waals surface area contributed by atoms with E-state index in [4.69, 9.17) is 9.84 Å². The summed E-state index contributed by atoms with van der Waals surface area (Å²) >= 11 is 0. The van der Waals surface area contributed by atoms with E-state index in [2.05, 4.69) is 0 Å². The molecule has 0 saturated carbocycles. The molecule has 0 saturated heterocycles. The van der Waals surface area contributed by atoms with Crippen LogP contribution in [-0.2, 0) is 20.3 Å². The molecule has 0 radical (unpaired) electrons. The van der Waals surface area contributed by atoms with Crippen molar-refractivity contribution in [3.05, 3.63) is 0 Å². The number of carboxylic acid groups (broad SMARTS) is 1. The normalized spacial score (nSPS) is 15.2. The van der Waals surface area contributed by atoms with Crippen LogP contribution in [0.1, 0.15) is 13.8 Å². The Hall–Kier alpha value is -0.420. The zero-order valence-corrected chi connectivity index (χ0v) is 8.80. The van der Waals surface area contributed by atoms with Crippen LogP contribution < -0.4 is 0 Å². The third-order valence-corrected chi connectivity index (χ3v) is 3.01. The van der Waals surface area contributed by atoms with E-state index in [1.807, 2.05) is 6.92 Å². The van der Waals surface area contributed by atoms with Gasteiger partial charge in [0.2, 0.25) is 0 Å². The molecule has 0 bridgehead atoms. The van der Waals surface area contributed by atoms with Gasteiger partial charge in [0, 0.05) is 28.9 Å². The van der Waals surface area contributed by atoms with Crippen molar-refractivity contribution in [2.75, 3.05) is 24.7 Å². The summed E-state index contributed by atoms with van der Waals surface area (Å²) < 4.78 is 16.2. The Bertz CT molecular complexity index is 181. The molecule has 1 N–H and O–H groups in total. The lowest BCUT2D eigenvalue weighted by molar-refractivity contribution is -0.140. The van der Waals surface area contributed by atoms with E-state index in [1.165, 1.54) is 0 Å². The fourth-order valence-corrected chi connectivity index (χ4v) is 1.90. The first kappa shape index (κ1) is 12.6. The summed E-state index contributed by atoms with van der Waals surface area (Å²) in [5, 5.41) is 8.54. The highest BCUT2D eigenvalue weighted by Crippen LogP contribution is 1.98. The van der Waals surface area contributed by atoms with Gasteiger partial charge in [-0.15, -0.1) is 0 Å². The summed E-state index contributed by atoms with van der Waals surface area (Å²) in [6.45, 7) is 4.46. The molecule has 0 rings (SSSR count). The summed E-state index contributed by atoms with van der Waals surface area (Å²) in [6, 6.07) is 0. The first-order valence-electron chi connectivity index (χ1n) is 4.23. The number of hydrogen-bond acceptors (Lipinski definition) is 3. The molecule has 0 aliphatic rings. The van der Waals surface area contributed by atoms with Gasteiger partial charge in [-0.2, -0.15) is 0 Å². The van der Waals surface area contributed by atoms with Gasteiger partial charge < -0.3 is 9.84 Å². The van der Waals surface area contributed by atoms with Crippen LogP contribution in [0.4, 0.5) is 0 Å². The van der Waals surface area contributed by atoms with Crippen LogP contribution in [0.5, 0.6) is 0 Å². The number of ether oxygens (including phenoxy) is 1. The van der Waals surface area contributed by atoms with Gasteiger partial charge in [0.25, 0.3) is 0 Å². The second-order valence-electron chi connectivity index (χ2n) is 2.75. The van der Waals surface area contributed by atoms with Crippen LogP contribution in [0, 0.1) is 5.92 Å². The molecule has 0 aromatic carbocycles. The SMILES string of the molecule is CCOCCS(=O)CC(C)C(=O)O. The third kappa shape index (κ3) is 6.72. The first-order valence-corrected chi connectivity index (χ1v) is 5.72. The lowest BCUT2D eigenvalue weighted by atomic mass is 10.2. The van der Waals surface area contributed by atoms with Gasteiger partial charge in [-0.3, -0.25) is 9.00 Å². The Labute approximate surface area is 80.7 Å². The summed E-state index contributed by atoms with van der Waals surface area (Å²) in [5.74, 6) is -0.805. The molecular weight excluding hydrogens is 192 g/mol. The molecule has 78 valence electrons. The topological polar surface area (TPSA) is 63.6 Å². The van der Waals surface area contributed by atoms with Crippen LogP contribution in [0.2, 0.25) is 0 Å². The van der Waals surface area contributed by atoms with E-state index in [9.17, 15) is 9.00 Å². The molecule has 0 aromatic rings. The van der Waals surface area contributed by atoms with Crippen LogP contribution in [0.3, 0.4) is 0 Å². The fourth-order valence-electron chi connectivity index (χ4n) is 0.730. The highest BCUT2D eigenvalue weighted by Gasteiger charge is 2.14. The van der Waals surface area contributed by atoms with E-state index in [-0.39, 0.29) is 5.75 Å². The number of aliphatic carboxylic acids is 1. The zero-order valence-electron chi connectivity index (χ0n) is 7.99. The van der Waals surface area contributed by atoms with Crippen molar-refractivity contribution in [2.24, 2.45) is 5.92 Å². The predicted octanol–water partition coefficient (Wildman–Crippen LogP) is 0.492. The van der Waals surface area contributed by atoms with Crippen molar-refractivity contribution in [2.45, 2.75) is 13.8 Å². The molecule has 5 heteroatoms. The van der Waals surface area contributed by atoms with E-state index in [0.717, 1.165) is 0 Å². The molecule has 0 spiro atoms. The van der Waals surface area contributed by atoms with Gasteiger partial charge in [-0.1, -0.05) is 6.92 Å². The van der Waals surface area contributed by atoms with Crippen molar-refractivity contribution >= 4 is 16.8 Å². The minimum atomic E-state index is -1.08. The number of hydrogen-bond donors (Lipinski definition) is 1. The summed E-state index contributed by atoms with van der Waals surface area (Å²) in [6.07, 6.45) is 0. The molecule has 2 unspecified atom stereocenters. The van der Waals surface area contributed by atoms with Gasteiger partial charge in [0.05, 0.1) is 12.5 Å². The van der Waals surface area contributed by atoms with Crippen LogP contribution in [-0.4, -0.2) is 40.0 Å². The Morgan fingerprint density at radius 2 is 2.23 bits per heavy atom. The average molecular weight is 208 g/mol. The maximum atomic E-state index is 11.2. The van der Waals surface area contributed by atoms with Gasteiger partial charge in [-0.25, -0.2) is 0 Å². The van der Waals surface area contributed by atoms with E-state index in [0.29, 0.717) is 19.0 Å². The minimum Gasteiger partial charge on any atom is -0.481 e. The molecule has 4 nitrogen and oxygen atoms in total. The van der Waals surface area contributed by atoms with Gasteiger partial charge in [-0.05, 0) is 6.92 Å². The largest absolute Gasteiger partial charge is 0.481 e. The molecule has 13 heavy (non-hydrogen) atoms. The van der Waals surface area contributed by atoms with Gasteiger partial charge in [0.1, 0.15) is 0 Å². The summed E-state index contributed by atoms with van der Waals surface area (Å²) in [4.78, 5) is 10.4. The monoisotopic (exact) mass is 208 g/mol. The maximum absolute atomic E-state index is 11.2. The van der Waals surface area contributed by atoms with Crippen molar-refractivity contribution in [1.82, 2.24) is 0 Å². The standard InChI is InChI=1S/C8H16O4S/c1-3-12-4-5-13(11)6-7(2)8(9)10/h7H,3-6H2,1-2H3,(H,9,10). The van der Waals surface area contributed by atoms with E-state index < -0.39 is 22.7 Å². The highest BCUT2D eigenvalue weighted by atomic mass is 32.2. The quantitative estimate of drug-likeness (QED) is 0.618. The number of carboxylic acids is 1. The first-order chi connectivity index (χ1) is 6.07. The Morgan fingerprint density at radius 1 is 1.62 bits per heavy atom. The average Bonchev–Trinajstić information content (AvgIpc) is 2.04. The molecule has 0 aliphatic carbocycles. The third-order valence-electron chi connectivity index (χ3n) is 1.52. The zero-order chi connectivity index (χ0) is 10.3. The van der Waals surface area contributed by atoms with Crippen LogP contribution in [0.15, 0.2) is 0 Å². The molecule has 0 fully saturated rings. The van der Waals surface area contributed by atoms with E-state index in [1.54, 1.807) is 6.92 Å². The molecule has 0 aromatic heterocycles. The lowest BCUT2D eigenvalue weighted by Gasteiger charge is -2.05. The summed E-state index contributed by atoms with van der Waals surface area (Å²) in [7, 11) is -1.08. The predicted molar refractivity (Wildman–Crippen MR) is 51.2 cm³/mol. The van der Waals surface area contributed by atoms with Crippen molar-refractivity contribution < 1.29 is 18.8 Å². The molecule has 0 heterocycles. The Kier molecular flexibility index (Phi) is 6.80. The van der Waals surface area contributed by atoms with Gasteiger partial charge in [0.15, 0.2) is 0 Å². The lowest BCUT2D eigenvalue weighted by Crippen LogP contribution is -2.20. The second-order valence-corrected chi connectivity index (χ2v) is 4.37. The van der Waals surface area contributed by atoms with Gasteiger partial charge >= 0.3 is 5.97 Å². The molecule has 2 atom stereocenters. The minimum absolute atomic E-state index is 0.211. The smallest absolute Gasteiger partial charge is 0.307 e. The maximum Gasteiger partial charge on any atom is 0.307 e. The van der Waals surface area contributed by atoms with Crippen molar-refractivity contribution in [3.63, 3.8) is 0 Å². The number of rotatable bonds is 7. The Balaban J connectivity index is 3.56. The van der Waals surface area contributed by atoms with Crippen molar-refractivity contribution in [3.8, 4) is 0 Å². The number of carbonyl (C=O) groups is 1. The second kappa shape index (κ2) is 7.03. The highest BCUT2D eigenvalue weighted by molar-refractivity contribution is 7.85.